The van der Waals surface area contributed by atoms with Crippen molar-refractivity contribution in [2.45, 2.75) is 56.5 Å². The predicted octanol–water partition coefficient (Wildman–Crippen LogP) is 6.30. The van der Waals surface area contributed by atoms with Crippen molar-refractivity contribution in [2.24, 2.45) is 0 Å². The maximum absolute atomic E-state index is 13.1. The molecule has 4 N–H and O–H groups in total. The summed E-state index contributed by atoms with van der Waals surface area (Å²) in [6.45, 7) is 3.08. The van der Waals surface area contributed by atoms with E-state index in [0.717, 1.165) is 44.7 Å². The van der Waals surface area contributed by atoms with E-state index in [1.54, 1.807) is 47.0 Å². The Morgan fingerprint density at radius 1 is 0.904 bits per heavy atom. The molecule has 1 atom stereocenters. The average Bonchev–Trinajstić information content (AvgIpc) is 3.48. The first-order valence-corrected chi connectivity index (χ1v) is 18.4. The van der Waals surface area contributed by atoms with Crippen LogP contribution in [0, 0.1) is 0 Å². The molecule has 0 aliphatic carbocycles. The SMILES string of the molecule is CCC(=C(c1ccc(O)cc1)c1ccc(OCCNC(=O)CCCSc2cccc3c2CN(C2CCC(=O)NC2=O)C3=O)cc1)c1ccc(O)cc1. The third kappa shape index (κ3) is 8.48. The minimum atomic E-state index is -0.652. The number of piperidine rings is 1. The highest BCUT2D eigenvalue weighted by Crippen LogP contribution is 2.37. The lowest BCUT2D eigenvalue weighted by molar-refractivity contribution is -0.137. The number of phenols is 2. The Kier molecular flexibility index (Phi) is 11.6. The predicted molar refractivity (Wildman–Crippen MR) is 200 cm³/mol. The van der Waals surface area contributed by atoms with Crippen LogP contribution in [0.5, 0.6) is 17.2 Å². The van der Waals surface area contributed by atoms with Gasteiger partial charge in [-0.25, -0.2) is 0 Å². The summed E-state index contributed by atoms with van der Waals surface area (Å²) in [4.78, 5) is 52.1. The fourth-order valence-electron chi connectivity index (χ4n) is 6.60. The molecular formula is C41H41N3O7S. The van der Waals surface area contributed by atoms with Crippen LogP contribution in [0.3, 0.4) is 0 Å². The number of phenolic OH excluding ortho intramolecular Hbond substituents is 2. The van der Waals surface area contributed by atoms with Gasteiger partial charge in [-0.2, -0.15) is 0 Å². The summed E-state index contributed by atoms with van der Waals surface area (Å²) in [6, 6.07) is 27.0. The first kappa shape index (κ1) is 36.2. The van der Waals surface area contributed by atoms with Crippen LogP contribution in [0.15, 0.2) is 95.9 Å². The fourth-order valence-corrected chi connectivity index (χ4v) is 7.64. The number of fused-ring (bicyclic) bond motifs is 1. The molecule has 11 heteroatoms. The number of nitrogens with zero attached hydrogens (tertiary/aromatic N) is 1. The van der Waals surface area contributed by atoms with E-state index in [1.807, 2.05) is 60.7 Å². The number of rotatable bonds is 14. The number of allylic oxidation sites excluding steroid dienone is 1. The summed E-state index contributed by atoms with van der Waals surface area (Å²) < 4.78 is 5.93. The number of ether oxygens (including phenoxy) is 1. The maximum atomic E-state index is 13.1. The van der Waals surface area contributed by atoms with Crippen LogP contribution in [0.1, 0.15) is 71.6 Å². The number of amides is 4. The number of carbonyl (C=O) groups excluding carboxylic acids is 4. The molecule has 268 valence electrons. The molecule has 1 saturated heterocycles. The van der Waals surface area contributed by atoms with Crippen molar-refractivity contribution in [3.05, 3.63) is 119 Å². The summed E-state index contributed by atoms with van der Waals surface area (Å²) in [5.74, 6) is 0.749. The molecule has 2 aliphatic heterocycles. The van der Waals surface area contributed by atoms with E-state index in [2.05, 4.69) is 17.6 Å². The molecule has 2 aliphatic rings. The first-order valence-electron chi connectivity index (χ1n) is 17.4. The van der Waals surface area contributed by atoms with Crippen LogP contribution in [0.25, 0.3) is 11.1 Å². The molecule has 1 fully saturated rings. The quantitative estimate of drug-likeness (QED) is 0.0515. The molecule has 4 aromatic carbocycles. The Morgan fingerprint density at radius 3 is 2.21 bits per heavy atom. The summed E-state index contributed by atoms with van der Waals surface area (Å²) in [7, 11) is 0. The zero-order valence-electron chi connectivity index (χ0n) is 28.9. The second-order valence-corrected chi connectivity index (χ2v) is 13.8. The number of hydrogen-bond donors (Lipinski definition) is 4. The van der Waals surface area contributed by atoms with Gasteiger partial charge < -0.3 is 25.2 Å². The van der Waals surface area contributed by atoms with E-state index in [4.69, 9.17) is 4.74 Å². The average molecular weight is 720 g/mol. The van der Waals surface area contributed by atoms with Gasteiger partial charge in [-0.05, 0) is 107 Å². The summed E-state index contributed by atoms with van der Waals surface area (Å²) in [6.07, 6.45) is 2.28. The highest BCUT2D eigenvalue weighted by molar-refractivity contribution is 7.99. The Bertz CT molecular complexity index is 1980. The topological polar surface area (TPSA) is 145 Å². The molecule has 52 heavy (non-hydrogen) atoms. The van der Waals surface area contributed by atoms with E-state index in [9.17, 15) is 29.4 Å². The Balaban J connectivity index is 0.973. The molecule has 2 heterocycles. The van der Waals surface area contributed by atoms with Gasteiger partial charge in [0.2, 0.25) is 17.7 Å². The Labute approximate surface area is 306 Å². The zero-order chi connectivity index (χ0) is 36.6. The van der Waals surface area contributed by atoms with E-state index < -0.39 is 11.9 Å². The molecule has 4 amide bonds. The van der Waals surface area contributed by atoms with Crippen molar-refractivity contribution in [1.82, 2.24) is 15.5 Å². The van der Waals surface area contributed by atoms with Gasteiger partial charge in [0.05, 0.1) is 6.54 Å². The normalized spacial score (nSPS) is 15.9. The third-order valence-electron chi connectivity index (χ3n) is 9.21. The molecule has 0 saturated carbocycles. The van der Waals surface area contributed by atoms with Crippen molar-refractivity contribution in [2.75, 3.05) is 18.9 Å². The lowest BCUT2D eigenvalue weighted by Crippen LogP contribution is -2.52. The lowest BCUT2D eigenvalue weighted by atomic mass is 9.88. The minimum Gasteiger partial charge on any atom is -0.508 e. The zero-order valence-corrected chi connectivity index (χ0v) is 29.7. The van der Waals surface area contributed by atoms with Gasteiger partial charge in [-0.15, -0.1) is 11.8 Å². The largest absolute Gasteiger partial charge is 0.508 e. The standard InChI is InChI=1S/C41H41N3O7S/c1-2-32(26-8-14-29(45)15-9-26)39(27-10-16-30(46)17-11-27)28-12-18-31(19-13-28)51-23-22-42-37(47)7-4-24-52-36-6-3-5-33-34(36)25-44(41(33)50)35-20-21-38(48)43-40(35)49/h3,5-6,8-19,35,45-46H,2,4,7,20-25H2,1H3,(H,42,47)(H,43,48,49). The van der Waals surface area contributed by atoms with Crippen molar-refractivity contribution >= 4 is 46.5 Å². The van der Waals surface area contributed by atoms with Crippen LogP contribution in [-0.2, 0) is 20.9 Å². The van der Waals surface area contributed by atoms with Gasteiger partial charge in [0, 0.05) is 29.8 Å². The number of carbonyl (C=O) groups is 4. The molecule has 0 aromatic heterocycles. The highest BCUT2D eigenvalue weighted by atomic mass is 32.2. The third-order valence-corrected chi connectivity index (χ3v) is 10.4. The molecule has 0 bridgehead atoms. The number of benzene rings is 4. The highest BCUT2D eigenvalue weighted by Gasteiger charge is 2.39. The number of aromatic hydroxyl groups is 2. The number of imide groups is 1. The number of nitrogens with one attached hydrogen (secondary N) is 2. The molecule has 0 radical (unpaired) electrons. The summed E-state index contributed by atoms with van der Waals surface area (Å²) in [5.41, 5.74) is 6.51. The van der Waals surface area contributed by atoms with Crippen molar-refractivity contribution < 1.29 is 34.1 Å². The fraction of sp³-hybridized carbons (Fsp3) is 0.268. The second kappa shape index (κ2) is 16.6. The van der Waals surface area contributed by atoms with E-state index >= 15 is 0 Å². The Morgan fingerprint density at radius 2 is 1.56 bits per heavy atom. The van der Waals surface area contributed by atoms with E-state index in [-0.39, 0.29) is 35.6 Å². The second-order valence-electron chi connectivity index (χ2n) is 12.7. The van der Waals surface area contributed by atoms with Gasteiger partial charge >= 0.3 is 0 Å². The van der Waals surface area contributed by atoms with Gasteiger partial charge in [-0.1, -0.05) is 49.4 Å². The number of hydrogen-bond acceptors (Lipinski definition) is 8. The Hall–Kier alpha value is -5.55. The summed E-state index contributed by atoms with van der Waals surface area (Å²) in [5, 5.41) is 25.0. The maximum Gasteiger partial charge on any atom is 0.255 e. The van der Waals surface area contributed by atoms with Crippen LogP contribution in [-0.4, -0.2) is 63.7 Å². The van der Waals surface area contributed by atoms with Crippen molar-refractivity contribution in [3.63, 3.8) is 0 Å². The summed E-state index contributed by atoms with van der Waals surface area (Å²) >= 11 is 1.59. The number of thioether (sulfide) groups is 1. The van der Waals surface area contributed by atoms with Crippen LogP contribution in [0.2, 0.25) is 0 Å². The van der Waals surface area contributed by atoms with Crippen molar-refractivity contribution in [3.8, 4) is 17.2 Å². The van der Waals surface area contributed by atoms with Crippen molar-refractivity contribution in [1.29, 1.82) is 0 Å². The van der Waals surface area contributed by atoms with Crippen LogP contribution >= 0.6 is 11.8 Å². The van der Waals surface area contributed by atoms with Gasteiger partial charge in [0.25, 0.3) is 5.91 Å². The molecule has 6 rings (SSSR count). The van der Waals surface area contributed by atoms with Crippen LogP contribution < -0.4 is 15.4 Å². The minimum absolute atomic E-state index is 0.0675. The molecular weight excluding hydrogens is 679 g/mol. The smallest absolute Gasteiger partial charge is 0.255 e. The monoisotopic (exact) mass is 719 g/mol. The molecule has 10 nitrogen and oxygen atoms in total. The lowest BCUT2D eigenvalue weighted by Gasteiger charge is -2.29. The first-order chi connectivity index (χ1) is 25.2. The van der Waals surface area contributed by atoms with Crippen LogP contribution in [0.4, 0.5) is 0 Å². The van der Waals surface area contributed by atoms with Gasteiger partial charge in [0.15, 0.2) is 0 Å². The van der Waals surface area contributed by atoms with E-state index in [0.29, 0.717) is 56.0 Å². The van der Waals surface area contributed by atoms with Gasteiger partial charge in [-0.3, -0.25) is 24.5 Å². The molecule has 0 spiro atoms. The van der Waals surface area contributed by atoms with E-state index in [1.165, 1.54) is 0 Å². The molecule has 1 unspecified atom stereocenters. The van der Waals surface area contributed by atoms with Gasteiger partial charge in [0.1, 0.15) is 29.9 Å². The molecule has 4 aromatic rings.